The van der Waals surface area contributed by atoms with Crippen LogP contribution in [0.5, 0.6) is 0 Å². The number of carboxylic acids is 1. The quantitative estimate of drug-likeness (QED) is 0.631. The van der Waals surface area contributed by atoms with Crippen molar-refractivity contribution < 1.29 is 19.4 Å². The Morgan fingerprint density at radius 3 is 2.71 bits per heavy atom. The van der Waals surface area contributed by atoms with Crippen molar-refractivity contribution in [2.24, 2.45) is 0 Å². The minimum atomic E-state index is -1.75. The molecule has 1 aromatic heterocycles. The smallest absolute Gasteiger partial charge is 0.338 e. The zero-order valence-electron chi connectivity index (χ0n) is 9.54. The van der Waals surface area contributed by atoms with E-state index in [1.165, 1.54) is 12.4 Å². The summed E-state index contributed by atoms with van der Waals surface area (Å²) in [5.74, 6) is -2.04. The molecule has 92 valence electrons. The molecule has 0 aliphatic heterocycles. The molecule has 1 atom stereocenters. The number of pyridine rings is 1. The van der Waals surface area contributed by atoms with Gasteiger partial charge in [0.05, 0.1) is 6.61 Å². The van der Waals surface area contributed by atoms with Gasteiger partial charge in [-0.25, -0.2) is 9.59 Å². The Balaban J connectivity index is 3.28. The molecular formula is C11H13NO4S. The monoisotopic (exact) mass is 255 g/mol. The molecule has 0 saturated heterocycles. The number of ether oxygens (including phenoxy) is 1. The van der Waals surface area contributed by atoms with E-state index < -0.39 is 16.7 Å². The van der Waals surface area contributed by atoms with Crippen LogP contribution in [0, 0.1) is 0 Å². The van der Waals surface area contributed by atoms with E-state index in [2.05, 4.69) is 4.98 Å². The van der Waals surface area contributed by atoms with Gasteiger partial charge in [0.25, 0.3) is 0 Å². The van der Waals surface area contributed by atoms with Crippen LogP contribution >= 0.6 is 11.8 Å². The molecular weight excluding hydrogens is 242 g/mol. The number of esters is 1. The zero-order valence-corrected chi connectivity index (χ0v) is 10.4. The molecule has 1 unspecified atom stereocenters. The second-order valence-corrected chi connectivity index (χ2v) is 4.17. The van der Waals surface area contributed by atoms with Gasteiger partial charge in [-0.3, -0.25) is 4.98 Å². The average molecular weight is 255 g/mol. The maximum Gasteiger partial charge on any atom is 0.338 e. The number of nitrogens with zero attached hydrogens (tertiary/aromatic N) is 1. The maximum absolute atomic E-state index is 11.9. The molecule has 1 heterocycles. The van der Waals surface area contributed by atoms with Crippen LogP contribution in [0.25, 0.3) is 0 Å². The van der Waals surface area contributed by atoms with Crippen molar-refractivity contribution in [3.05, 3.63) is 30.1 Å². The van der Waals surface area contributed by atoms with Crippen molar-refractivity contribution in [2.45, 2.75) is 11.7 Å². The van der Waals surface area contributed by atoms with Gasteiger partial charge in [-0.2, -0.15) is 0 Å². The van der Waals surface area contributed by atoms with Crippen molar-refractivity contribution in [1.82, 2.24) is 4.98 Å². The molecule has 0 spiro atoms. The predicted molar refractivity (Wildman–Crippen MR) is 63.7 cm³/mol. The van der Waals surface area contributed by atoms with Crippen molar-refractivity contribution in [2.75, 3.05) is 12.9 Å². The van der Waals surface area contributed by atoms with Crippen LogP contribution in [-0.4, -0.2) is 34.9 Å². The lowest BCUT2D eigenvalue weighted by atomic mass is 10.0. The summed E-state index contributed by atoms with van der Waals surface area (Å²) in [7, 11) is 0. The van der Waals surface area contributed by atoms with Crippen molar-refractivity contribution in [1.29, 1.82) is 0 Å². The number of aliphatic carboxylic acids is 1. The lowest BCUT2D eigenvalue weighted by Gasteiger charge is -2.24. The predicted octanol–water partition coefficient (Wildman–Crippen LogP) is 1.29. The summed E-state index contributed by atoms with van der Waals surface area (Å²) in [5.41, 5.74) is 0.304. The molecule has 0 saturated carbocycles. The SMILES string of the molecule is CCOC(=O)C(SC)(C(=O)O)c1cccnc1. The van der Waals surface area contributed by atoms with E-state index >= 15 is 0 Å². The maximum atomic E-state index is 11.9. The highest BCUT2D eigenvalue weighted by atomic mass is 32.2. The van der Waals surface area contributed by atoms with Gasteiger partial charge in [0.1, 0.15) is 0 Å². The summed E-state index contributed by atoms with van der Waals surface area (Å²) >= 11 is 0.913. The molecule has 1 N–H and O–H groups in total. The summed E-state index contributed by atoms with van der Waals surface area (Å²) in [6, 6.07) is 3.14. The summed E-state index contributed by atoms with van der Waals surface area (Å²) < 4.78 is 3.10. The first-order valence-electron chi connectivity index (χ1n) is 4.95. The van der Waals surface area contributed by atoms with Crippen molar-refractivity contribution >= 4 is 23.7 Å². The van der Waals surface area contributed by atoms with Crippen molar-refractivity contribution in [3.8, 4) is 0 Å². The summed E-state index contributed by atoms with van der Waals surface area (Å²) in [5, 5.41) is 9.32. The number of hydrogen-bond donors (Lipinski definition) is 1. The van der Waals surface area contributed by atoms with Gasteiger partial charge >= 0.3 is 11.9 Å². The Morgan fingerprint density at radius 2 is 2.29 bits per heavy atom. The third-order valence-electron chi connectivity index (χ3n) is 2.24. The fourth-order valence-corrected chi connectivity index (χ4v) is 2.18. The zero-order chi connectivity index (χ0) is 12.9. The van der Waals surface area contributed by atoms with Gasteiger partial charge in [-0.05, 0) is 19.2 Å². The fourth-order valence-electron chi connectivity index (χ4n) is 1.42. The Bertz CT molecular complexity index is 409. The molecule has 5 nitrogen and oxygen atoms in total. The summed E-state index contributed by atoms with van der Waals surface area (Å²) in [4.78, 5) is 27.1. The minimum Gasteiger partial charge on any atom is -0.480 e. The minimum absolute atomic E-state index is 0.134. The number of carbonyl (C=O) groups excluding carboxylic acids is 1. The van der Waals surface area contributed by atoms with Crippen LogP contribution in [0.1, 0.15) is 12.5 Å². The van der Waals surface area contributed by atoms with Crippen LogP contribution in [0.15, 0.2) is 24.5 Å². The van der Waals surface area contributed by atoms with Gasteiger partial charge in [0, 0.05) is 18.0 Å². The molecule has 1 rings (SSSR count). The van der Waals surface area contributed by atoms with E-state index in [4.69, 9.17) is 4.74 Å². The average Bonchev–Trinajstić information content (AvgIpc) is 2.32. The highest BCUT2D eigenvalue weighted by Crippen LogP contribution is 2.36. The van der Waals surface area contributed by atoms with E-state index in [1.54, 1.807) is 25.3 Å². The molecule has 0 radical (unpaired) electrons. The Kier molecular flexibility index (Phi) is 4.51. The second kappa shape index (κ2) is 5.67. The lowest BCUT2D eigenvalue weighted by molar-refractivity contribution is -0.155. The van der Waals surface area contributed by atoms with Gasteiger partial charge in [-0.15, -0.1) is 11.8 Å². The van der Waals surface area contributed by atoms with E-state index in [1.807, 2.05) is 0 Å². The molecule has 1 aromatic rings. The number of aromatic nitrogens is 1. The van der Waals surface area contributed by atoms with E-state index in [0.717, 1.165) is 11.8 Å². The van der Waals surface area contributed by atoms with Gasteiger partial charge < -0.3 is 9.84 Å². The molecule has 17 heavy (non-hydrogen) atoms. The Hall–Kier alpha value is -1.56. The second-order valence-electron chi connectivity index (χ2n) is 3.15. The molecule has 0 bridgehead atoms. The Morgan fingerprint density at radius 1 is 1.59 bits per heavy atom. The van der Waals surface area contributed by atoms with Crippen LogP contribution in [0.4, 0.5) is 0 Å². The van der Waals surface area contributed by atoms with E-state index in [-0.39, 0.29) is 6.61 Å². The van der Waals surface area contributed by atoms with E-state index in [9.17, 15) is 14.7 Å². The number of hydrogen-bond acceptors (Lipinski definition) is 5. The number of rotatable bonds is 5. The van der Waals surface area contributed by atoms with Crippen LogP contribution in [-0.2, 0) is 19.1 Å². The molecule has 0 aromatic carbocycles. The third-order valence-corrected chi connectivity index (χ3v) is 3.43. The summed E-state index contributed by atoms with van der Waals surface area (Å²) in [6.07, 6.45) is 4.43. The molecule has 0 fully saturated rings. The number of carbonyl (C=O) groups is 2. The molecule has 0 amide bonds. The normalized spacial score (nSPS) is 13.8. The molecule has 6 heteroatoms. The van der Waals surface area contributed by atoms with E-state index in [0.29, 0.717) is 5.56 Å². The van der Waals surface area contributed by atoms with Gasteiger partial charge in [0.15, 0.2) is 0 Å². The lowest BCUT2D eigenvalue weighted by Crippen LogP contribution is -2.42. The Labute approximate surface area is 103 Å². The van der Waals surface area contributed by atoms with Crippen LogP contribution < -0.4 is 0 Å². The fraction of sp³-hybridized carbons (Fsp3) is 0.364. The standard InChI is InChI=1S/C11H13NO4S/c1-3-16-10(15)11(17-2,9(13)14)8-5-4-6-12-7-8/h4-7H,3H2,1-2H3,(H,13,14). The first-order valence-corrected chi connectivity index (χ1v) is 6.18. The summed E-state index contributed by atoms with van der Waals surface area (Å²) in [6.45, 7) is 1.77. The van der Waals surface area contributed by atoms with Crippen LogP contribution in [0.3, 0.4) is 0 Å². The third kappa shape index (κ3) is 2.41. The van der Waals surface area contributed by atoms with Crippen molar-refractivity contribution in [3.63, 3.8) is 0 Å². The molecule has 0 aliphatic carbocycles. The highest BCUT2D eigenvalue weighted by molar-refractivity contribution is 8.01. The van der Waals surface area contributed by atoms with Gasteiger partial charge in [0.2, 0.25) is 4.75 Å². The largest absolute Gasteiger partial charge is 0.480 e. The number of carboxylic acid groups (broad SMARTS) is 1. The first-order chi connectivity index (χ1) is 8.09. The number of thioether (sulfide) groups is 1. The van der Waals surface area contributed by atoms with Gasteiger partial charge in [-0.1, -0.05) is 6.07 Å². The topological polar surface area (TPSA) is 76.5 Å². The van der Waals surface area contributed by atoms with Crippen LogP contribution in [0.2, 0.25) is 0 Å². The highest BCUT2D eigenvalue weighted by Gasteiger charge is 2.49. The molecule has 0 aliphatic rings. The first kappa shape index (κ1) is 13.5.